The smallest absolute Gasteiger partial charge is 0.232 e. The number of anilines is 1. The first-order valence-electron chi connectivity index (χ1n) is 6.15. The summed E-state index contributed by atoms with van der Waals surface area (Å²) in [5.41, 5.74) is -0.162. The van der Waals surface area contributed by atoms with Gasteiger partial charge in [0.1, 0.15) is 12.0 Å². The average Bonchev–Trinajstić information content (AvgIpc) is 2.84. The van der Waals surface area contributed by atoms with Gasteiger partial charge in [0.25, 0.3) is 0 Å². The lowest BCUT2D eigenvalue weighted by molar-refractivity contribution is -0.126. The van der Waals surface area contributed by atoms with Gasteiger partial charge in [0.2, 0.25) is 5.91 Å². The van der Waals surface area contributed by atoms with E-state index in [1.165, 1.54) is 6.33 Å². The van der Waals surface area contributed by atoms with Gasteiger partial charge in [-0.25, -0.2) is 9.97 Å². The van der Waals surface area contributed by atoms with Gasteiger partial charge in [-0.3, -0.25) is 4.79 Å². The van der Waals surface area contributed by atoms with Gasteiger partial charge in [0.15, 0.2) is 10.3 Å². The van der Waals surface area contributed by atoms with Crippen molar-refractivity contribution >= 4 is 34.8 Å². The van der Waals surface area contributed by atoms with Gasteiger partial charge in [-0.05, 0) is 18.9 Å². The van der Waals surface area contributed by atoms with Gasteiger partial charge in [-0.1, -0.05) is 37.0 Å². The van der Waals surface area contributed by atoms with Gasteiger partial charge >= 0.3 is 0 Å². The molecule has 0 aromatic carbocycles. The number of carbonyl (C=O) groups excluding carboxylic acids is 1. The first-order valence-corrected chi connectivity index (χ1v) is 6.91. The number of aromatic nitrogens is 2. The van der Waals surface area contributed by atoms with E-state index in [-0.39, 0.29) is 27.8 Å². The molecule has 1 aromatic heterocycles. The average molecular weight is 303 g/mol. The van der Waals surface area contributed by atoms with Crippen LogP contribution in [-0.4, -0.2) is 29.0 Å². The maximum atomic E-state index is 12.6. The Kier molecular flexibility index (Phi) is 4.28. The third-order valence-electron chi connectivity index (χ3n) is 3.74. The predicted molar refractivity (Wildman–Crippen MR) is 75.4 cm³/mol. The van der Waals surface area contributed by atoms with Gasteiger partial charge in [-0.15, -0.1) is 0 Å². The van der Waals surface area contributed by atoms with E-state index in [0.717, 1.165) is 13.0 Å². The highest BCUT2D eigenvalue weighted by Gasteiger charge is 2.44. The number of rotatable bonds is 3. The van der Waals surface area contributed by atoms with Crippen LogP contribution in [0.4, 0.5) is 5.69 Å². The second-order valence-electron chi connectivity index (χ2n) is 5.02. The van der Waals surface area contributed by atoms with Gasteiger partial charge in [0, 0.05) is 6.54 Å². The number of nitrogens with zero attached hydrogens (tertiary/aromatic N) is 2. The zero-order valence-electron chi connectivity index (χ0n) is 10.8. The summed E-state index contributed by atoms with van der Waals surface area (Å²) in [7, 11) is 0. The SMILES string of the molecule is CC(C)C1(C(=O)Nc2c(Cl)ncnc2Cl)CCNC1. The van der Waals surface area contributed by atoms with E-state index >= 15 is 0 Å². The van der Waals surface area contributed by atoms with Crippen LogP contribution in [0.3, 0.4) is 0 Å². The highest BCUT2D eigenvalue weighted by molar-refractivity contribution is 6.38. The van der Waals surface area contributed by atoms with E-state index in [2.05, 4.69) is 20.6 Å². The minimum absolute atomic E-state index is 0.0916. The number of nitrogens with one attached hydrogen (secondary N) is 2. The molecule has 0 saturated carbocycles. The fourth-order valence-corrected chi connectivity index (χ4v) is 2.75. The number of amides is 1. The minimum Gasteiger partial charge on any atom is -0.320 e. The topological polar surface area (TPSA) is 66.9 Å². The Morgan fingerprint density at radius 3 is 2.53 bits per heavy atom. The minimum atomic E-state index is -0.442. The van der Waals surface area contributed by atoms with Gasteiger partial charge < -0.3 is 10.6 Å². The first kappa shape index (κ1) is 14.5. The molecule has 104 valence electrons. The van der Waals surface area contributed by atoms with Crippen molar-refractivity contribution in [1.29, 1.82) is 0 Å². The molecule has 1 saturated heterocycles. The number of hydrogen-bond acceptors (Lipinski definition) is 4. The molecule has 1 atom stereocenters. The Bertz CT molecular complexity index is 466. The van der Waals surface area contributed by atoms with Crippen LogP contribution in [0.5, 0.6) is 0 Å². The summed E-state index contributed by atoms with van der Waals surface area (Å²) in [5, 5.41) is 6.31. The molecular weight excluding hydrogens is 287 g/mol. The van der Waals surface area contributed by atoms with Crippen LogP contribution in [0.1, 0.15) is 20.3 Å². The largest absolute Gasteiger partial charge is 0.320 e. The summed E-state index contributed by atoms with van der Waals surface area (Å²) >= 11 is 11.9. The lowest BCUT2D eigenvalue weighted by Gasteiger charge is -2.31. The molecule has 7 heteroatoms. The molecule has 0 aliphatic carbocycles. The zero-order chi connectivity index (χ0) is 14.0. The Morgan fingerprint density at radius 2 is 2.05 bits per heavy atom. The number of halogens is 2. The molecule has 1 aliphatic heterocycles. The third kappa shape index (κ3) is 2.68. The standard InChI is InChI=1S/C12H16Cl2N4O/c1-7(2)12(3-4-15-5-12)11(19)18-8-9(13)16-6-17-10(8)14/h6-7,15H,3-5H2,1-2H3,(H,18,19). The van der Waals surface area contributed by atoms with Gasteiger partial charge in [0.05, 0.1) is 5.41 Å². The van der Waals surface area contributed by atoms with Gasteiger partial charge in [-0.2, -0.15) is 0 Å². The highest BCUT2D eigenvalue weighted by Crippen LogP contribution is 2.36. The summed E-state index contributed by atoms with van der Waals surface area (Å²) in [6, 6.07) is 0. The molecule has 1 aliphatic rings. The van der Waals surface area contributed by atoms with E-state index in [1.807, 2.05) is 13.8 Å². The molecule has 19 heavy (non-hydrogen) atoms. The molecule has 2 N–H and O–H groups in total. The molecule has 1 amide bonds. The van der Waals surface area contributed by atoms with E-state index in [0.29, 0.717) is 6.54 Å². The van der Waals surface area contributed by atoms with E-state index in [9.17, 15) is 4.79 Å². The van der Waals surface area contributed by atoms with E-state index in [4.69, 9.17) is 23.2 Å². The molecular formula is C12H16Cl2N4O. The molecule has 2 rings (SSSR count). The lowest BCUT2D eigenvalue weighted by atomic mass is 9.75. The lowest BCUT2D eigenvalue weighted by Crippen LogP contribution is -2.42. The van der Waals surface area contributed by atoms with Crippen LogP contribution in [0, 0.1) is 11.3 Å². The van der Waals surface area contributed by atoms with Crippen LogP contribution in [0.25, 0.3) is 0 Å². The Hall–Kier alpha value is -0.910. The van der Waals surface area contributed by atoms with Crippen LogP contribution in [-0.2, 0) is 4.79 Å². The summed E-state index contributed by atoms with van der Waals surface area (Å²) in [4.78, 5) is 20.2. The van der Waals surface area contributed by atoms with Crippen LogP contribution in [0.2, 0.25) is 10.3 Å². The summed E-state index contributed by atoms with van der Waals surface area (Å²) in [6.45, 7) is 5.56. The van der Waals surface area contributed by atoms with Crippen molar-refractivity contribution in [3.8, 4) is 0 Å². The maximum Gasteiger partial charge on any atom is 0.232 e. The van der Waals surface area contributed by atoms with E-state index < -0.39 is 5.41 Å². The molecule has 1 aromatic rings. The second kappa shape index (κ2) is 5.61. The molecule has 1 fully saturated rings. The van der Waals surface area contributed by atoms with Crippen molar-refractivity contribution in [3.63, 3.8) is 0 Å². The molecule has 0 radical (unpaired) electrons. The van der Waals surface area contributed by atoms with Crippen molar-refractivity contribution in [1.82, 2.24) is 15.3 Å². The number of carbonyl (C=O) groups is 1. The fourth-order valence-electron chi connectivity index (χ4n) is 2.35. The Balaban J connectivity index is 2.25. The third-order valence-corrected chi connectivity index (χ3v) is 4.31. The fraction of sp³-hybridized carbons (Fsp3) is 0.583. The summed E-state index contributed by atoms with van der Waals surface area (Å²) in [6.07, 6.45) is 2.05. The predicted octanol–water partition coefficient (Wildman–Crippen LogP) is 2.36. The first-order chi connectivity index (χ1) is 8.97. The van der Waals surface area contributed by atoms with Crippen LogP contribution < -0.4 is 10.6 Å². The van der Waals surface area contributed by atoms with Crippen molar-refractivity contribution in [2.45, 2.75) is 20.3 Å². The molecule has 5 nitrogen and oxygen atoms in total. The van der Waals surface area contributed by atoms with Crippen molar-refractivity contribution in [2.75, 3.05) is 18.4 Å². The normalized spacial score (nSPS) is 22.8. The van der Waals surface area contributed by atoms with Crippen molar-refractivity contribution in [2.24, 2.45) is 11.3 Å². The summed E-state index contributed by atoms with van der Waals surface area (Å²) < 4.78 is 0. The monoisotopic (exact) mass is 302 g/mol. The van der Waals surface area contributed by atoms with Crippen LogP contribution in [0.15, 0.2) is 6.33 Å². The number of hydrogen-bond donors (Lipinski definition) is 2. The molecule has 0 bridgehead atoms. The van der Waals surface area contributed by atoms with Crippen molar-refractivity contribution < 1.29 is 4.79 Å². The van der Waals surface area contributed by atoms with Crippen LogP contribution >= 0.6 is 23.2 Å². The van der Waals surface area contributed by atoms with Crippen molar-refractivity contribution in [3.05, 3.63) is 16.6 Å². The molecule has 0 spiro atoms. The Morgan fingerprint density at radius 1 is 1.42 bits per heavy atom. The Labute approximate surface area is 122 Å². The van der Waals surface area contributed by atoms with E-state index in [1.54, 1.807) is 0 Å². The highest BCUT2D eigenvalue weighted by atomic mass is 35.5. The maximum absolute atomic E-state index is 12.6. The molecule has 2 heterocycles. The second-order valence-corrected chi connectivity index (χ2v) is 5.74. The summed E-state index contributed by atoms with van der Waals surface area (Å²) in [5.74, 6) is 0.121. The zero-order valence-corrected chi connectivity index (χ0v) is 12.3. The molecule has 1 unspecified atom stereocenters. The quantitative estimate of drug-likeness (QED) is 0.841.